The first-order chi connectivity index (χ1) is 9.06. The van der Waals surface area contributed by atoms with Crippen LogP contribution in [0, 0.1) is 5.92 Å². The molecule has 1 aromatic heterocycles. The monoisotopic (exact) mass is 281 g/mol. The number of hydrogen-bond donors (Lipinski definition) is 2. The zero-order chi connectivity index (χ0) is 13.8. The smallest absolute Gasteiger partial charge is 0.261 e. The molecule has 0 saturated carbocycles. The van der Waals surface area contributed by atoms with Crippen LogP contribution in [0.3, 0.4) is 0 Å². The minimum atomic E-state index is -0.285. The van der Waals surface area contributed by atoms with Crippen LogP contribution in [0.15, 0.2) is 6.07 Å². The van der Waals surface area contributed by atoms with Crippen molar-refractivity contribution in [2.75, 3.05) is 6.54 Å². The number of aliphatic hydroxyl groups is 1. The number of amides is 1. The fraction of sp³-hybridized carbons (Fsp3) is 0.667. The molecule has 1 heterocycles. The third-order valence-electron chi connectivity index (χ3n) is 3.64. The third-order valence-corrected chi connectivity index (χ3v) is 4.87. The molecule has 0 aliphatic heterocycles. The van der Waals surface area contributed by atoms with Crippen LogP contribution < -0.4 is 5.32 Å². The van der Waals surface area contributed by atoms with Crippen molar-refractivity contribution in [2.45, 2.75) is 52.1 Å². The Hall–Kier alpha value is -0.870. The van der Waals surface area contributed by atoms with E-state index in [0.29, 0.717) is 6.54 Å². The number of carbonyl (C=O) groups is 1. The maximum atomic E-state index is 12.0. The van der Waals surface area contributed by atoms with E-state index in [0.717, 1.165) is 36.5 Å². The van der Waals surface area contributed by atoms with Crippen LogP contribution >= 0.6 is 11.3 Å². The van der Waals surface area contributed by atoms with E-state index in [9.17, 15) is 4.79 Å². The van der Waals surface area contributed by atoms with E-state index in [2.05, 4.69) is 18.3 Å². The highest BCUT2D eigenvalue weighted by atomic mass is 32.1. The molecule has 2 rings (SSSR count). The Morgan fingerprint density at radius 1 is 1.63 bits per heavy atom. The molecule has 1 aromatic rings. The van der Waals surface area contributed by atoms with Gasteiger partial charge in [0.05, 0.1) is 11.0 Å². The number of thiophene rings is 1. The van der Waals surface area contributed by atoms with Gasteiger partial charge in [-0.3, -0.25) is 4.79 Å². The molecule has 1 amide bonds. The predicted molar refractivity (Wildman–Crippen MR) is 78.8 cm³/mol. The van der Waals surface area contributed by atoms with Crippen LogP contribution in [0.25, 0.3) is 0 Å². The molecular weight excluding hydrogens is 258 g/mol. The van der Waals surface area contributed by atoms with Crippen LogP contribution in [-0.4, -0.2) is 23.7 Å². The standard InChI is InChI=1S/C15H23NO2S/c1-10-5-6-13-12(8-10)9-14(19-13)15(18)16-7-3-4-11(2)17/h9-11,17H,3-8H2,1-2H3,(H,16,18). The highest BCUT2D eigenvalue weighted by Gasteiger charge is 2.20. The van der Waals surface area contributed by atoms with E-state index in [1.807, 2.05) is 0 Å². The van der Waals surface area contributed by atoms with Crippen molar-refractivity contribution < 1.29 is 9.90 Å². The molecular formula is C15H23NO2S. The summed E-state index contributed by atoms with van der Waals surface area (Å²) in [6.45, 7) is 4.69. The van der Waals surface area contributed by atoms with Gasteiger partial charge in [0.15, 0.2) is 0 Å². The lowest BCUT2D eigenvalue weighted by Crippen LogP contribution is -2.24. The highest BCUT2D eigenvalue weighted by Crippen LogP contribution is 2.32. The Bertz CT molecular complexity index is 439. The largest absolute Gasteiger partial charge is 0.393 e. The summed E-state index contributed by atoms with van der Waals surface area (Å²) in [5.74, 6) is 0.779. The van der Waals surface area contributed by atoms with Crippen molar-refractivity contribution in [3.05, 3.63) is 21.4 Å². The molecule has 2 N–H and O–H groups in total. The van der Waals surface area contributed by atoms with Crippen molar-refractivity contribution in [2.24, 2.45) is 5.92 Å². The van der Waals surface area contributed by atoms with E-state index in [-0.39, 0.29) is 12.0 Å². The lowest BCUT2D eigenvalue weighted by Gasteiger charge is -2.16. The summed E-state index contributed by atoms with van der Waals surface area (Å²) < 4.78 is 0. The summed E-state index contributed by atoms with van der Waals surface area (Å²) >= 11 is 1.65. The van der Waals surface area contributed by atoms with Gasteiger partial charge in [-0.25, -0.2) is 0 Å². The Morgan fingerprint density at radius 2 is 2.42 bits per heavy atom. The number of rotatable bonds is 5. The van der Waals surface area contributed by atoms with Crippen molar-refractivity contribution in [3.8, 4) is 0 Å². The summed E-state index contributed by atoms with van der Waals surface area (Å²) in [5, 5.41) is 12.1. The fourth-order valence-corrected chi connectivity index (χ4v) is 3.63. The maximum absolute atomic E-state index is 12.0. The van der Waals surface area contributed by atoms with Gasteiger partial charge in [-0.15, -0.1) is 11.3 Å². The summed E-state index contributed by atoms with van der Waals surface area (Å²) in [4.78, 5) is 14.3. The predicted octanol–water partition coefficient (Wildman–Crippen LogP) is 2.76. The molecule has 0 saturated heterocycles. The summed E-state index contributed by atoms with van der Waals surface area (Å²) in [7, 11) is 0. The summed E-state index contributed by atoms with van der Waals surface area (Å²) in [5.41, 5.74) is 1.37. The molecule has 0 spiro atoms. The highest BCUT2D eigenvalue weighted by molar-refractivity contribution is 7.14. The van der Waals surface area contributed by atoms with E-state index in [4.69, 9.17) is 5.11 Å². The molecule has 0 fully saturated rings. The van der Waals surface area contributed by atoms with E-state index < -0.39 is 0 Å². The van der Waals surface area contributed by atoms with Gasteiger partial charge in [0.25, 0.3) is 5.91 Å². The van der Waals surface area contributed by atoms with Gasteiger partial charge < -0.3 is 10.4 Å². The lowest BCUT2D eigenvalue weighted by atomic mass is 9.90. The number of aryl methyl sites for hydroxylation is 1. The quantitative estimate of drug-likeness (QED) is 0.815. The fourth-order valence-electron chi connectivity index (χ4n) is 2.50. The van der Waals surface area contributed by atoms with Crippen LogP contribution in [0.2, 0.25) is 0 Å². The molecule has 2 atom stereocenters. The Kier molecular flexibility index (Phi) is 4.99. The average molecular weight is 281 g/mol. The second-order valence-corrected chi connectivity index (χ2v) is 6.79. The van der Waals surface area contributed by atoms with Gasteiger partial charge in [-0.2, -0.15) is 0 Å². The average Bonchev–Trinajstić information content (AvgIpc) is 2.77. The molecule has 2 unspecified atom stereocenters. The third kappa shape index (κ3) is 4.05. The van der Waals surface area contributed by atoms with E-state index in [1.165, 1.54) is 16.9 Å². The van der Waals surface area contributed by atoms with Crippen molar-refractivity contribution in [3.63, 3.8) is 0 Å². The van der Waals surface area contributed by atoms with Gasteiger partial charge in [0, 0.05) is 11.4 Å². The van der Waals surface area contributed by atoms with Crippen LogP contribution in [0.1, 0.15) is 53.2 Å². The number of aliphatic hydroxyl groups excluding tert-OH is 1. The topological polar surface area (TPSA) is 49.3 Å². The molecule has 19 heavy (non-hydrogen) atoms. The maximum Gasteiger partial charge on any atom is 0.261 e. The van der Waals surface area contributed by atoms with Crippen molar-refractivity contribution >= 4 is 17.2 Å². The minimum absolute atomic E-state index is 0.0395. The molecule has 1 aliphatic rings. The van der Waals surface area contributed by atoms with Crippen molar-refractivity contribution in [1.29, 1.82) is 0 Å². The van der Waals surface area contributed by atoms with Gasteiger partial charge in [-0.1, -0.05) is 6.92 Å². The minimum Gasteiger partial charge on any atom is -0.393 e. The van der Waals surface area contributed by atoms with Gasteiger partial charge >= 0.3 is 0 Å². The number of fused-ring (bicyclic) bond motifs is 1. The summed E-state index contributed by atoms with van der Waals surface area (Å²) in [6.07, 6.45) is 4.75. The first-order valence-electron chi connectivity index (χ1n) is 7.14. The zero-order valence-electron chi connectivity index (χ0n) is 11.7. The molecule has 0 bridgehead atoms. The van der Waals surface area contributed by atoms with Gasteiger partial charge in [0.2, 0.25) is 0 Å². The number of nitrogens with one attached hydrogen (secondary N) is 1. The van der Waals surface area contributed by atoms with Gasteiger partial charge in [0.1, 0.15) is 0 Å². The SMILES string of the molecule is CC(O)CCCNC(=O)c1cc2c(s1)CCC(C)C2. The van der Waals surface area contributed by atoms with E-state index >= 15 is 0 Å². The second-order valence-electron chi connectivity index (χ2n) is 5.65. The first-order valence-corrected chi connectivity index (χ1v) is 7.95. The Labute approximate surface area is 119 Å². The molecule has 3 nitrogen and oxygen atoms in total. The Balaban J connectivity index is 1.86. The number of carbonyl (C=O) groups excluding carboxylic acids is 1. The van der Waals surface area contributed by atoms with Crippen LogP contribution in [0.4, 0.5) is 0 Å². The number of hydrogen-bond acceptors (Lipinski definition) is 3. The molecule has 0 radical (unpaired) electrons. The molecule has 4 heteroatoms. The van der Waals surface area contributed by atoms with Crippen LogP contribution in [-0.2, 0) is 12.8 Å². The second kappa shape index (κ2) is 6.53. The summed E-state index contributed by atoms with van der Waals surface area (Å²) in [6, 6.07) is 2.07. The lowest BCUT2D eigenvalue weighted by molar-refractivity contribution is 0.0953. The normalized spacial score (nSPS) is 19.8. The van der Waals surface area contributed by atoms with E-state index in [1.54, 1.807) is 18.3 Å². The zero-order valence-corrected chi connectivity index (χ0v) is 12.6. The van der Waals surface area contributed by atoms with Crippen LogP contribution in [0.5, 0.6) is 0 Å². The van der Waals surface area contributed by atoms with Crippen molar-refractivity contribution in [1.82, 2.24) is 5.32 Å². The first kappa shape index (κ1) is 14.5. The Morgan fingerprint density at radius 3 is 3.16 bits per heavy atom. The van der Waals surface area contributed by atoms with Gasteiger partial charge in [-0.05, 0) is 56.6 Å². The molecule has 0 aromatic carbocycles. The molecule has 1 aliphatic carbocycles. The molecule has 106 valence electrons.